The molecule has 1 aromatic carbocycles. The second-order valence-corrected chi connectivity index (χ2v) is 3.77. The minimum absolute atomic E-state index is 0.0280. The minimum atomic E-state index is -0.373. The molecular weight excluding hydrogens is 216 g/mol. The molecule has 1 atom stereocenters. The Morgan fingerprint density at radius 2 is 2.24 bits per heavy atom. The molecule has 4 nitrogen and oxygen atoms in total. The highest BCUT2D eigenvalue weighted by Crippen LogP contribution is 2.17. The van der Waals surface area contributed by atoms with Crippen LogP contribution in [-0.4, -0.2) is 11.0 Å². The number of nitro groups is 1. The van der Waals surface area contributed by atoms with Gasteiger partial charge in [-0.25, -0.2) is 0 Å². The van der Waals surface area contributed by atoms with Gasteiger partial charge in [0.2, 0.25) is 0 Å². The van der Waals surface area contributed by atoms with Crippen molar-refractivity contribution in [2.24, 2.45) is 0 Å². The number of hydrogen-bond acceptors (Lipinski definition) is 3. The summed E-state index contributed by atoms with van der Waals surface area (Å²) in [6.45, 7) is 2.48. The maximum Gasteiger partial charge on any atom is 0.273 e. The maximum absolute atomic E-state index is 10.8. The third kappa shape index (κ3) is 3.89. The van der Waals surface area contributed by atoms with Crippen LogP contribution in [0.5, 0.6) is 0 Å². The average Bonchev–Trinajstić information content (AvgIpc) is 2.34. The molecule has 1 rings (SSSR count). The number of hydrogen-bond donors (Lipinski definition) is 1. The highest BCUT2D eigenvalue weighted by Gasteiger charge is 2.12. The highest BCUT2D eigenvalue weighted by atomic mass is 16.6. The fraction of sp³-hybridized carbons (Fsp3) is 0.385. The van der Waals surface area contributed by atoms with Crippen LogP contribution >= 0.6 is 0 Å². The summed E-state index contributed by atoms with van der Waals surface area (Å²) >= 11 is 0. The molecule has 17 heavy (non-hydrogen) atoms. The Morgan fingerprint density at radius 1 is 1.53 bits per heavy atom. The van der Waals surface area contributed by atoms with E-state index in [1.807, 2.05) is 0 Å². The molecule has 0 heterocycles. The lowest BCUT2D eigenvalue weighted by Gasteiger charge is -2.11. The molecular formula is C13H16N2O2. The van der Waals surface area contributed by atoms with E-state index in [0.717, 1.165) is 12.8 Å². The highest BCUT2D eigenvalue weighted by molar-refractivity contribution is 5.39. The molecule has 0 spiro atoms. The van der Waals surface area contributed by atoms with Crippen molar-refractivity contribution in [3.05, 3.63) is 39.9 Å². The molecule has 0 saturated carbocycles. The van der Waals surface area contributed by atoms with Crippen LogP contribution in [0.15, 0.2) is 24.3 Å². The molecule has 0 aliphatic carbocycles. The topological polar surface area (TPSA) is 55.2 Å². The van der Waals surface area contributed by atoms with Crippen LogP contribution in [0.25, 0.3) is 0 Å². The molecule has 1 N–H and O–H groups in total. The van der Waals surface area contributed by atoms with Gasteiger partial charge in [-0.05, 0) is 6.42 Å². The predicted molar refractivity (Wildman–Crippen MR) is 67.5 cm³/mol. The minimum Gasteiger partial charge on any atom is -0.299 e. The molecule has 4 heteroatoms. The summed E-state index contributed by atoms with van der Waals surface area (Å²) in [5, 5.41) is 13.9. The number of nitro benzene ring substituents is 1. The van der Waals surface area contributed by atoms with E-state index in [1.54, 1.807) is 18.2 Å². The molecule has 0 saturated heterocycles. The Morgan fingerprint density at radius 3 is 2.82 bits per heavy atom. The molecule has 0 radical (unpaired) electrons. The second kappa shape index (κ2) is 6.66. The van der Waals surface area contributed by atoms with Crippen molar-refractivity contribution in [2.75, 3.05) is 0 Å². The summed E-state index contributed by atoms with van der Waals surface area (Å²) in [5.41, 5.74) is 0.793. The lowest BCUT2D eigenvalue weighted by atomic mass is 10.1. The summed E-state index contributed by atoms with van der Waals surface area (Å²) in [6.07, 6.45) is 7.23. The number of para-hydroxylation sites is 1. The standard InChI is InChI=1S/C13H16N2O2/c1-3-7-12(4-2)14-10-11-8-5-6-9-13(11)15(16)17/h2,5-6,8-9,12,14H,3,7,10H2,1H3. The van der Waals surface area contributed by atoms with Gasteiger partial charge < -0.3 is 0 Å². The lowest BCUT2D eigenvalue weighted by molar-refractivity contribution is -0.385. The molecule has 1 unspecified atom stereocenters. The van der Waals surface area contributed by atoms with Crippen LogP contribution in [0.2, 0.25) is 0 Å². The smallest absolute Gasteiger partial charge is 0.273 e. The van der Waals surface area contributed by atoms with Gasteiger partial charge in [-0.15, -0.1) is 6.42 Å². The van der Waals surface area contributed by atoms with E-state index in [0.29, 0.717) is 12.1 Å². The summed E-state index contributed by atoms with van der Waals surface area (Å²) in [6, 6.07) is 6.66. The Labute approximate surface area is 101 Å². The van der Waals surface area contributed by atoms with Crippen LogP contribution in [0, 0.1) is 22.5 Å². The summed E-state index contributed by atoms with van der Waals surface area (Å²) in [4.78, 5) is 10.4. The van der Waals surface area contributed by atoms with Crippen LogP contribution in [0.1, 0.15) is 25.3 Å². The predicted octanol–water partition coefficient (Wildman–Crippen LogP) is 2.49. The first-order chi connectivity index (χ1) is 8.19. The fourth-order valence-corrected chi connectivity index (χ4v) is 1.60. The molecule has 0 aromatic heterocycles. The van der Waals surface area contributed by atoms with Crippen LogP contribution in [-0.2, 0) is 6.54 Å². The Hall–Kier alpha value is -1.86. The normalized spacial score (nSPS) is 11.8. The van der Waals surface area contributed by atoms with E-state index >= 15 is 0 Å². The van der Waals surface area contributed by atoms with E-state index in [1.165, 1.54) is 6.07 Å². The number of terminal acetylenes is 1. The number of benzene rings is 1. The largest absolute Gasteiger partial charge is 0.299 e. The van der Waals surface area contributed by atoms with Gasteiger partial charge in [0.1, 0.15) is 0 Å². The monoisotopic (exact) mass is 232 g/mol. The average molecular weight is 232 g/mol. The maximum atomic E-state index is 10.8. The Bertz CT molecular complexity index is 424. The van der Waals surface area contributed by atoms with Gasteiger partial charge in [-0.3, -0.25) is 15.4 Å². The zero-order valence-electron chi connectivity index (χ0n) is 9.85. The van der Waals surface area contributed by atoms with Gasteiger partial charge in [-0.1, -0.05) is 37.5 Å². The summed E-state index contributed by atoms with van der Waals surface area (Å²) in [5.74, 6) is 2.64. The van der Waals surface area contributed by atoms with Crippen LogP contribution < -0.4 is 5.32 Å². The van der Waals surface area contributed by atoms with Crippen molar-refractivity contribution in [3.8, 4) is 12.3 Å². The molecule has 90 valence electrons. The molecule has 0 bridgehead atoms. The van der Waals surface area contributed by atoms with E-state index < -0.39 is 0 Å². The zero-order chi connectivity index (χ0) is 12.7. The third-order valence-corrected chi connectivity index (χ3v) is 2.51. The first-order valence-corrected chi connectivity index (χ1v) is 5.60. The van der Waals surface area contributed by atoms with Crippen LogP contribution in [0.3, 0.4) is 0 Å². The van der Waals surface area contributed by atoms with E-state index in [4.69, 9.17) is 6.42 Å². The molecule has 0 aliphatic rings. The number of nitrogens with zero attached hydrogens (tertiary/aromatic N) is 1. The first-order valence-electron chi connectivity index (χ1n) is 5.60. The van der Waals surface area contributed by atoms with E-state index in [2.05, 4.69) is 18.2 Å². The van der Waals surface area contributed by atoms with Gasteiger partial charge in [0.25, 0.3) is 5.69 Å². The summed E-state index contributed by atoms with van der Waals surface area (Å²) < 4.78 is 0. The van der Waals surface area contributed by atoms with Crippen molar-refractivity contribution >= 4 is 5.69 Å². The Balaban J connectivity index is 2.69. The molecule has 0 amide bonds. The lowest BCUT2D eigenvalue weighted by Crippen LogP contribution is -2.27. The zero-order valence-corrected chi connectivity index (χ0v) is 9.85. The van der Waals surface area contributed by atoms with E-state index in [9.17, 15) is 10.1 Å². The van der Waals surface area contributed by atoms with Gasteiger partial charge >= 0.3 is 0 Å². The van der Waals surface area contributed by atoms with Crippen molar-refractivity contribution in [2.45, 2.75) is 32.4 Å². The first kappa shape index (κ1) is 13.2. The third-order valence-electron chi connectivity index (χ3n) is 2.51. The molecule has 0 fully saturated rings. The van der Waals surface area contributed by atoms with Crippen molar-refractivity contribution in [1.82, 2.24) is 5.32 Å². The SMILES string of the molecule is C#CC(CCC)NCc1ccccc1[N+](=O)[O-]. The summed E-state index contributed by atoms with van der Waals surface area (Å²) in [7, 11) is 0. The van der Waals surface area contributed by atoms with Gasteiger partial charge in [0.15, 0.2) is 0 Å². The number of nitrogens with one attached hydrogen (secondary N) is 1. The van der Waals surface area contributed by atoms with Crippen molar-refractivity contribution < 1.29 is 4.92 Å². The second-order valence-electron chi connectivity index (χ2n) is 3.77. The van der Waals surface area contributed by atoms with Gasteiger partial charge in [-0.2, -0.15) is 0 Å². The quantitative estimate of drug-likeness (QED) is 0.465. The van der Waals surface area contributed by atoms with Crippen molar-refractivity contribution in [3.63, 3.8) is 0 Å². The molecule has 0 aliphatic heterocycles. The number of rotatable bonds is 6. The van der Waals surface area contributed by atoms with Gasteiger partial charge in [0.05, 0.1) is 11.0 Å². The van der Waals surface area contributed by atoms with Crippen LogP contribution in [0.4, 0.5) is 5.69 Å². The molecule has 1 aromatic rings. The fourth-order valence-electron chi connectivity index (χ4n) is 1.60. The van der Waals surface area contributed by atoms with E-state index in [-0.39, 0.29) is 16.7 Å². The van der Waals surface area contributed by atoms with Gasteiger partial charge in [0, 0.05) is 18.2 Å². The Kier molecular flexibility index (Phi) is 5.18. The van der Waals surface area contributed by atoms with Crippen molar-refractivity contribution in [1.29, 1.82) is 0 Å².